The van der Waals surface area contributed by atoms with E-state index in [1.165, 1.54) is 10.4 Å². The lowest BCUT2D eigenvalue weighted by molar-refractivity contribution is -0.126. The molecule has 1 amide bonds. The van der Waals surface area contributed by atoms with Gasteiger partial charge in [0.2, 0.25) is 15.9 Å². The maximum Gasteiger partial charge on any atom is 0.245 e. The Hall–Kier alpha value is -2.67. The standard InChI is InChI=1S/C25H31FN6O3S2/c26-20-5-1-2-7-22(20)31-17-15-30(16-18-31)12-4-11-27-25(33)19-9-13-32(14-10-19)37(34,35)23-8-3-6-21-24(23)29-36-28-21/h1-3,5-8,19H,4,9-18H2,(H,27,33). The number of piperidine rings is 1. The number of carbonyl (C=O) groups excluding carboxylic acids is 1. The number of halogens is 1. The minimum absolute atomic E-state index is 0.00720. The molecular formula is C25H31FN6O3S2. The molecule has 2 aliphatic heterocycles. The van der Waals surface area contributed by atoms with Crippen molar-refractivity contribution < 1.29 is 17.6 Å². The molecule has 5 rings (SSSR count). The number of benzene rings is 2. The van der Waals surface area contributed by atoms with Gasteiger partial charge in [0.05, 0.1) is 17.4 Å². The number of nitrogens with zero attached hydrogens (tertiary/aromatic N) is 5. The van der Waals surface area contributed by atoms with Crippen LogP contribution in [0.3, 0.4) is 0 Å². The molecule has 1 N–H and O–H groups in total. The fourth-order valence-electron chi connectivity index (χ4n) is 5.07. The van der Waals surface area contributed by atoms with Crippen LogP contribution in [0.5, 0.6) is 0 Å². The zero-order valence-electron chi connectivity index (χ0n) is 20.6. The van der Waals surface area contributed by atoms with E-state index in [0.29, 0.717) is 49.2 Å². The van der Waals surface area contributed by atoms with Crippen LogP contribution in [0.15, 0.2) is 47.4 Å². The van der Waals surface area contributed by atoms with E-state index in [1.807, 2.05) is 12.1 Å². The third-order valence-electron chi connectivity index (χ3n) is 7.21. The molecule has 3 heterocycles. The third-order valence-corrected chi connectivity index (χ3v) is 9.68. The van der Waals surface area contributed by atoms with Gasteiger partial charge < -0.3 is 10.2 Å². The van der Waals surface area contributed by atoms with Crippen LogP contribution in [0.2, 0.25) is 0 Å². The lowest BCUT2D eigenvalue weighted by Gasteiger charge is -2.36. The van der Waals surface area contributed by atoms with Crippen LogP contribution in [-0.2, 0) is 14.8 Å². The van der Waals surface area contributed by atoms with Crippen molar-refractivity contribution in [2.24, 2.45) is 5.92 Å². The zero-order valence-corrected chi connectivity index (χ0v) is 22.2. The molecule has 37 heavy (non-hydrogen) atoms. The summed E-state index contributed by atoms with van der Waals surface area (Å²) in [5.41, 5.74) is 1.64. The Kier molecular flexibility index (Phi) is 7.98. The van der Waals surface area contributed by atoms with E-state index in [9.17, 15) is 17.6 Å². The second-order valence-electron chi connectivity index (χ2n) is 9.49. The number of para-hydroxylation sites is 1. The van der Waals surface area contributed by atoms with Gasteiger partial charge in [-0.2, -0.15) is 13.1 Å². The number of carbonyl (C=O) groups is 1. The number of rotatable bonds is 8. The number of sulfonamides is 1. The molecule has 9 nitrogen and oxygen atoms in total. The first-order chi connectivity index (χ1) is 17.9. The van der Waals surface area contributed by atoms with Crippen molar-refractivity contribution in [2.45, 2.75) is 24.2 Å². The Morgan fingerprint density at radius 3 is 2.51 bits per heavy atom. The highest BCUT2D eigenvalue weighted by atomic mass is 32.2. The summed E-state index contributed by atoms with van der Waals surface area (Å²) in [7, 11) is -3.69. The molecule has 2 aromatic carbocycles. The molecule has 2 saturated heterocycles. The molecule has 1 aromatic heterocycles. The number of piperazine rings is 1. The van der Waals surface area contributed by atoms with Crippen LogP contribution >= 0.6 is 11.7 Å². The second kappa shape index (κ2) is 11.4. The Balaban J connectivity index is 1.03. The molecular weight excluding hydrogens is 515 g/mol. The zero-order chi connectivity index (χ0) is 25.8. The van der Waals surface area contributed by atoms with E-state index in [2.05, 4.69) is 23.9 Å². The number of hydrogen-bond acceptors (Lipinski definition) is 8. The van der Waals surface area contributed by atoms with E-state index >= 15 is 0 Å². The van der Waals surface area contributed by atoms with Crippen LogP contribution in [0.1, 0.15) is 19.3 Å². The minimum atomic E-state index is -3.69. The Morgan fingerprint density at radius 2 is 1.76 bits per heavy atom. The molecule has 0 spiro atoms. The summed E-state index contributed by atoms with van der Waals surface area (Å²) in [5.74, 6) is -0.379. The van der Waals surface area contributed by atoms with Crippen molar-refractivity contribution in [3.05, 3.63) is 48.3 Å². The van der Waals surface area contributed by atoms with Crippen LogP contribution < -0.4 is 10.2 Å². The summed E-state index contributed by atoms with van der Waals surface area (Å²) in [6.07, 6.45) is 1.83. The average Bonchev–Trinajstić information content (AvgIpc) is 3.41. The third kappa shape index (κ3) is 5.77. The van der Waals surface area contributed by atoms with Crippen molar-refractivity contribution in [1.82, 2.24) is 23.3 Å². The highest BCUT2D eigenvalue weighted by Crippen LogP contribution is 2.28. The van der Waals surface area contributed by atoms with Crippen molar-refractivity contribution >= 4 is 44.4 Å². The smallest absolute Gasteiger partial charge is 0.245 e. The number of nitrogens with one attached hydrogen (secondary N) is 1. The highest BCUT2D eigenvalue weighted by Gasteiger charge is 2.33. The first-order valence-electron chi connectivity index (χ1n) is 12.6. The maximum absolute atomic E-state index is 14.0. The van der Waals surface area contributed by atoms with Crippen LogP contribution in [0.25, 0.3) is 11.0 Å². The second-order valence-corrected chi connectivity index (χ2v) is 11.9. The van der Waals surface area contributed by atoms with Crippen LogP contribution in [0, 0.1) is 11.7 Å². The first-order valence-corrected chi connectivity index (χ1v) is 14.8. The molecule has 2 aliphatic rings. The first kappa shape index (κ1) is 26.0. The van der Waals surface area contributed by atoms with Gasteiger partial charge in [-0.05, 0) is 50.1 Å². The summed E-state index contributed by atoms with van der Waals surface area (Å²) in [6.45, 7) is 5.36. The van der Waals surface area contributed by atoms with Crippen molar-refractivity contribution in [3.63, 3.8) is 0 Å². The summed E-state index contributed by atoms with van der Waals surface area (Å²) < 4.78 is 50.1. The molecule has 198 valence electrons. The summed E-state index contributed by atoms with van der Waals surface area (Å²) in [6, 6.07) is 11.9. The fraction of sp³-hybridized carbons (Fsp3) is 0.480. The number of aromatic nitrogens is 2. The molecule has 0 bridgehead atoms. The van der Waals surface area contributed by atoms with Gasteiger partial charge in [-0.1, -0.05) is 18.2 Å². The van der Waals surface area contributed by atoms with E-state index in [-0.39, 0.29) is 22.5 Å². The molecule has 0 saturated carbocycles. The predicted octanol–water partition coefficient (Wildman–Crippen LogP) is 2.56. The quantitative estimate of drug-likeness (QED) is 0.434. The topological polar surface area (TPSA) is 98.7 Å². The fourth-order valence-corrected chi connectivity index (χ4v) is 7.29. The van der Waals surface area contributed by atoms with Gasteiger partial charge in [0.1, 0.15) is 21.7 Å². The summed E-state index contributed by atoms with van der Waals surface area (Å²) in [5, 5.41) is 3.03. The van der Waals surface area contributed by atoms with E-state index in [4.69, 9.17) is 0 Å². The molecule has 0 atom stereocenters. The largest absolute Gasteiger partial charge is 0.367 e. The summed E-state index contributed by atoms with van der Waals surface area (Å²) in [4.78, 5) is 17.3. The minimum Gasteiger partial charge on any atom is -0.367 e. The lowest BCUT2D eigenvalue weighted by Crippen LogP contribution is -2.47. The van der Waals surface area contributed by atoms with Gasteiger partial charge >= 0.3 is 0 Å². The normalized spacial score (nSPS) is 18.4. The molecule has 0 aliphatic carbocycles. The van der Waals surface area contributed by atoms with Gasteiger partial charge in [0.25, 0.3) is 0 Å². The molecule has 0 unspecified atom stereocenters. The number of hydrogen-bond donors (Lipinski definition) is 1. The average molecular weight is 547 g/mol. The van der Waals surface area contributed by atoms with Crippen LogP contribution in [0.4, 0.5) is 10.1 Å². The van der Waals surface area contributed by atoms with Gasteiger partial charge in [-0.15, -0.1) is 0 Å². The van der Waals surface area contributed by atoms with Crippen LogP contribution in [-0.4, -0.2) is 84.6 Å². The summed E-state index contributed by atoms with van der Waals surface area (Å²) >= 11 is 0.997. The number of amides is 1. The van der Waals surface area contributed by atoms with Gasteiger partial charge in [-0.25, -0.2) is 12.8 Å². The van der Waals surface area contributed by atoms with Crippen molar-refractivity contribution in [1.29, 1.82) is 0 Å². The van der Waals surface area contributed by atoms with Gasteiger partial charge in [0.15, 0.2) is 0 Å². The van der Waals surface area contributed by atoms with Crippen molar-refractivity contribution in [3.8, 4) is 0 Å². The SMILES string of the molecule is O=C(NCCCN1CCN(c2ccccc2F)CC1)C1CCN(S(=O)(=O)c2cccc3nsnc23)CC1. The van der Waals surface area contributed by atoms with E-state index in [0.717, 1.165) is 50.9 Å². The number of fused-ring (bicyclic) bond motifs is 1. The predicted molar refractivity (Wildman–Crippen MR) is 142 cm³/mol. The lowest BCUT2D eigenvalue weighted by atomic mass is 9.97. The Morgan fingerprint density at radius 1 is 1.00 bits per heavy atom. The Bertz CT molecular complexity index is 1330. The maximum atomic E-state index is 14.0. The number of anilines is 1. The van der Waals surface area contributed by atoms with E-state index in [1.54, 1.807) is 24.3 Å². The molecule has 3 aromatic rings. The van der Waals surface area contributed by atoms with E-state index < -0.39 is 10.0 Å². The van der Waals surface area contributed by atoms with Gasteiger partial charge in [-0.3, -0.25) is 9.69 Å². The van der Waals surface area contributed by atoms with Crippen molar-refractivity contribution in [2.75, 3.05) is 57.3 Å². The monoisotopic (exact) mass is 546 g/mol. The molecule has 2 fully saturated rings. The molecule has 0 radical (unpaired) electrons. The molecule has 12 heteroatoms. The highest BCUT2D eigenvalue weighted by molar-refractivity contribution is 7.89. The Labute approximate surface area is 220 Å². The van der Waals surface area contributed by atoms with Gasteiger partial charge in [0, 0.05) is 51.7 Å².